The molecule has 0 aromatic rings. The SMILES string of the molecule is CC(C)C.CC(C)C.CCOC(C)OC(C1CC2CCC1C2)(C(F)(F)F)C(F)(F)F.OC(C1CC2CCC1C2)(C(F)(F)F)C(F)(F)F. The van der Waals surface area contributed by atoms with Crippen LogP contribution < -0.4 is 0 Å². The van der Waals surface area contributed by atoms with Crippen LogP contribution in [-0.2, 0) is 9.47 Å². The smallest absolute Gasteiger partial charge is 0.373 e. The molecule has 4 bridgehead atoms. The summed E-state index contributed by atoms with van der Waals surface area (Å²) < 4.78 is 166. The van der Waals surface area contributed by atoms with Crippen molar-refractivity contribution < 1.29 is 67.3 Å². The zero-order chi connectivity index (χ0) is 37.0. The minimum absolute atomic E-state index is 0.0241. The average molecular weight is 713 g/mol. The number of hydrogen-bond acceptors (Lipinski definition) is 3. The van der Waals surface area contributed by atoms with Gasteiger partial charge < -0.3 is 14.6 Å². The van der Waals surface area contributed by atoms with Crippen molar-refractivity contribution in [2.75, 3.05) is 6.61 Å². The van der Waals surface area contributed by atoms with Crippen LogP contribution in [0, 0.1) is 47.3 Å². The first-order chi connectivity index (χ1) is 21.1. The summed E-state index contributed by atoms with van der Waals surface area (Å²) in [7, 11) is 0. The number of alkyl halides is 12. The molecule has 3 nitrogen and oxygen atoms in total. The van der Waals surface area contributed by atoms with Gasteiger partial charge in [-0.1, -0.05) is 54.4 Å². The van der Waals surface area contributed by atoms with Gasteiger partial charge in [-0.15, -0.1) is 0 Å². The summed E-state index contributed by atoms with van der Waals surface area (Å²) in [5, 5.41) is 9.26. The molecule has 0 saturated heterocycles. The van der Waals surface area contributed by atoms with E-state index in [9.17, 15) is 57.8 Å². The predicted octanol–water partition coefficient (Wildman–Crippen LogP) is 11.3. The minimum atomic E-state index is -5.67. The van der Waals surface area contributed by atoms with E-state index in [1.165, 1.54) is 6.92 Å². The highest BCUT2D eigenvalue weighted by molar-refractivity contribution is 5.09. The lowest BCUT2D eigenvalue weighted by Gasteiger charge is -2.45. The molecule has 7 atom stereocenters. The summed E-state index contributed by atoms with van der Waals surface area (Å²) in [5.41, 5.74) is -8.69. The molecule has 282 valence electrons. The van der Waals surface area contributed by atoms with E-state index in [2.05, 4.69) is 46.3 Å². The lowest BCUT2D eigenvalue weighted by atomic mass is 9.75. The number of ether oxygens (including phenoxy) is 2. The maximum Gasteiger partial charge on any atom is 0.426 e. The van der Waals surface area contributed by atoms with E-state index in [4.69, 9.17) is 4.74 Å². The third kappa shape index (κ3) is 10.5. The third-order valence-corrected chi connectivity index (χ3v) is 8.99. The molecule has 4 fully saturated rings. The van der Waals surface area contributed by atoms with E-state index >= 15 is 0 Å². The molecule has 4 aliphatic rings. The van der Waals surface area contributed by atoms with E-state index in [-0.39, 0.29) is 31.3 Å². The Labute approximate surface area is 270 Å². The molecule has 1 N–H and O–H groups in total. The molecule has 0 radical (unpaired) electrons. The zero-order valence-corrected chi connectivity index (χ0v) is 28.4. The molecule has 0 spiro atoms. The molecule has 0 aliphatic heterocycles. The summed E-state index contributed by atoms with van der Waals surface area (Å²) in [4.78, 5) is 0. The second kappa shape index (κ2) is 16.4. The summed E-state index contributed by atoms with van der Waals surface area (Å²) >= 11 is 0. The van der Waals surface area contributed by atoms with Gasteiger partial charge in [0.2, 0.25) is 0 Å². The van der Waals surface area contributed by atoms with Crippen LogP contribution in [0.4, 0.5) is 52.7 Å². The van der Waals surface area contributed by atoms with E-state index in [0.717, 1.165) is 18.8 Å². The molecule has 4 aliphatic carbocycles. The maximum absolute atomic E-state index is 13.5. The molecular formula is C32H52F12O3. The fourth-order valence-corrected chi connectivity index (χ4v) is 7.41. The predicted molar refractivity (Wildman–Crippen MR) is 153 cm³/mol. The third-order valence-electron chi connectivity index (χ3n) is 8.99. The summed E-state index contributed by atoms with van der Waals surface area (Å²) in [6, 6.07) is 0. The van der Waals surface area contributed by atoms with Crippen LogP contribution in [0.2, 0.25) is 0 Å². The summed E-state index contributed by atoms with van der Waals surface area (Å²) in [5.74, 6) is -3.07. The molecule has 4 rings (SSSR count). The highest BCUT2D eigenvalue weighted by Gasteiger charge is 2.78. The van der Waals surface area contributed by atoms with E-state index in [0.29, 0.717) is 38.5 Å². The lowest BCUT2D eigenvalue weighted by Crippen LogP contribution is -2.65. The Bertz CT molecular complexity index is 887. The standard InChI is InChI=1S/C14H20F6O2.C10H12F6O.2C4H10/c1-3-21-8(2)22-12(13(15,16)17,14(18,19)20)11-7-9-4-5-10(11)6-9;11-9(12,13)8(17,10(14,15)16)7-4-5-1-2-6(7)3-5;2*1-4(2)3/h8-11H,3-7H2,1-2H3;5-7,17H,1-4H2;2*4H,1-3H3. The van der Waals surface area contributed by atoms with Gasteiger partial charge in [-0.05, 0) is 87.9 Å². The van der Waals surface area contributed by atoms with Crippen molar-refractivity contribution in [2.45, 2.75) is 149 Å². The highest BCUT2D eigenvalue weighted by Crippen LogP contribution is 2.62. The van der Waals surface area contributed by atoms with Gasteiger partial charge in [0, 0.05) is 18.4 Å². The zero-order valence-electron chi connectivity index (χ0n) is 28.4. The van der Waals surface area contributed by atoms with E-state index < -0.39 is 65.9 Å². The van der Waals surface area contributed by atoms with Crippen LogP contribution in [0.1, 0.15) is 107 Å². The first kappa shape index (κ1) is 44.1. The lowest BCUT2D eigenvalue weighted by molar-refractivity contribution is -0.425. The molecule has 4 saturated carbocycles. The first-order valence-electron chi connectivity index (χ1n) is 16.3. The van der Waals surface area contributed by atoms with Crippen LogP contribution >= 0.6 is 0 Å². The minimum Gasteiger partial charge on any atom is -0.373 e. The molecule has 0 aromatic carbocycles. The number of fused-ring (bicyclic) bond motifs is 4. The molecule has 0 aromatic heterocycles. The Morgan fingerprint density at radius 2 is 0.894 bits per heavy atom. The normalized spacial score (nSPS) is 28.4. The monoisotopic (exact) mass is 712 g/mol. The number of hydrogen-bond donors (Lipinski definition) is 1. The molecular weight excluding hydrogens is 660 g/mol. The van der Waals surface area contributed by atoms with Gasteiger partial charge >= 0.3 is 24.7 Å². The topological polar surface area (TPSA) is 38.7 Å². The first-order valence-corrected chi connectivity index (χ1v) is 16.3. The Kier molecular flexibility index (Phi) is 15.4. The highest BCUT2D eigenvalue weighted by atomic mass is 19.4. The molecule has 0 heterocycles. The number of rotatable bonds is 6. The van der Waals surface area contributed by atoms with Gasteiger partial charge in [0.1, 0.15) is 0 Å². The van der Waals surface area contributed by atoms with E-state index in [1.54, 1.807) is 0 Å². The van der Waals surface area contributed by atoms with Gasteiger partial charge in [0.25, 0.3) is 11.2 Å². The largest absolute Gasteiger partial charge is 0.426 e. The molecule has 15 heteroatoms. The molecule has 47 heavy (non-hydrogen) atoms. The van der Waals surface area contributed by atoms with Crippen molar-refractivity contribution in [3.05, 3.63) is 0 Å². The maximum atomic E-state index is 13.5. The van der Waals surface area contributed by atoms with Crippen molar-refractivity contribution >= 4 is 0 Å². The van der Waals surface area contributed by atoms with Crippen LogP contribution in [0.5, 0.6) is 0 Å². The van der Waals surface area contributed by atoms with E-state index in [1.807, 2.05) is 0 Å². The van der Waals surface area contributed by atoms with Gasteiger partial charge in [-0.2, -0.15) is 52.7 Å². The van der Waals surface area contributed by atoms with Crippen molar-refractivity contribution in [1.29, 1.82) is 0 Å². The molecule has 7 unspecified atom stereocenters. The van der Waals surface area contributed by atoms with Gasteiger partial charge in [-0.25, -0.2) is 0 Å². The number of halogens is 12. The van der Waals surface area contributed by atoms with Crippen molar-refractivity contribution in [3.8, 4) is 0 Å². The Morgan fingerprint density at radius 3 is 1.13 bits per heavy atom. The summed E-state index contributed by atoms with van der Waals surface area (Å²) in [6.07, 6.45) is -21.3. The Morgan fingerprint density at radius 1 is 0.553 bits per heavy atom. The van der Waals surface area contributed by atoms with Gasteiger partial charge in [-0.3, -0.25) is 0 Å². The van der Waals surface area contributed by atoms with Crippen LogP contribution in [0.3, 0.4) is 0 Å². The van der Waals surface area contributed by atoms with Crippen LogP contribution in [0.15, 0.2) is 0 Å². The summed E-state index contributed by atoms with van der Waals surface area (Å²) in [6.45, 7) is 15.5. The Hall–Kier alpha value is -0.960. The van der Waals surface area contributed by atoms with Crippen molar-refractivity contribution in [2.24, 2.45) is 47.3 Å². The van der Waals surface area contributed by atoms with Crippen molar-refractivity contribution in [1.82, 2.24) is 0 Å². The van der Waals surface area contributed by atoms with Gasteiger partial charge in [0.05, 0.1) is 0 Å². The Balaban J connectivity index is 0.000000390. The van der Waals surface area contributed by atoms with Gasteiger partial charge in [0.15, 0.2) is 6.29 Å². The number of aliphatic hydroxyl groups is 1. The fraction of sp³-hybridized carbons (Fsp3) is 1.00. The quantitative estimate of drug-likeness (QED) is 0.220. The van der Waals surface area contributed by atoms with Crippen LogP contribution in [-0.4, -0.2) is 53.9 Å². The second-order valence-corrected chi connectivity index (χ2v) is 14.7. The fourth-order valence-electron chi connectivity index (χ4n) is 7.41. The van der Waals surface area contributed by atoms with Crippen molar-refractivity contribution in [3.63, 3.8) is 0 Å². The molecule has 0 amide bonds. The van der Waals surface area contributed by atoms with Crippen LogP contribution in [0.25, 0.3) is 0 Å². The average Bonchev–Trinajstić information content (AvgIpc) is 3.66. The second-order valence-electron chi connectivity index (χ2n) is 14.7.